The number of rotatable bonds is 7. The molecule has 1 aliphatic carbocycles. The van der Waals surface area contributed by atoms with Crippen molar-refractivity contribution in [1.82, 2.24) is 4.90 Å². The largest absolute Gasteiger partial charge is 0.390 e. The van der Waals surface area contributed by atoms with Gasteiger partial charge in [0.15, 0.2) is 0 Å². The van der Waals surface area contributed by atoms with Crippen molar-refractivity contribution in [3.8, 4) is 0 Å². The monoisotopic (exact) mass is 333 g/mol. The van der Waals surface area contributed by atoms with Crippen molar-refractivity contribution < 1.29 is 15.0 Å². The number of hydrogen-bond acceptors (Lipinski definition) is 3. The van der Waals surface area contributed by atoms with Crippen LogP contribution in [0.25, 0.3) is 0 Å². The molecule has 0 radical (unpaired) electrons. The van der Waals surface area contributed by atoms with Crippen LogP contribution in [0.3, 0.4) is 0 Å². The number of carbonyl (C=O) groups excluding carboxylic acids is 1. The Labute approximate surface area is 145 Å². The number of nitrogens with zero attached hydrogens (tertiary/aromatic N) is 1. The Morgan fingerprint density at radius 1 is 1.21 bits per heavy atom. The number of hydrogen-bond donors (Lipinski definition) is 2. The second-order valence-electron chi connectivity index (χ2n) is 7.92. The molecule has 1 aliphatic rings. The van der Waals surface area contributed by atoms with Gasteiger partial charge >= 0.3 is 0 Å². The molecular weight excluding hydrogens is 302 g/mol. The van der Waals surface area contributed by atoms with Crippen molar-refractivity contribution in [2.45, 2.75) is 70.0 Å². The molecule has 1 amide bonds. The van der Waals surface area contributed by atoms with Gasteiger partial charge in [0, 0.05) is 19.2 Å². The summed E-state index contributed by atoms with van der Waals surface area (Å²) in [5.41, 5.74) is 0.546. The Morgan fingerprint density at radius 3 is 2.33 bits per heavy atom. The van der Waals surface area contributed by atoms with E-state index in [0.717, 1.165) is 37.7 Å². The lowest BCUT2D eigenvalue weighted by Crippen LogP contribution is -2.34. The van der Waals surface area contributed by atoms with Crippen molar-refractivity contribution in [2.24, 2.45) is 0 Å². The van der Waals surface area contributed by atoms with E-state index in [0.29, 0.717) is 24.9 Å². The molecule has 0 saturated heterocycles. The lowest BCUT2D eigenvalue weighted by atomic mass is 9.97. The van der Waals surface area contributed by atoms with E-state index in [1.54, 1.807) is 25.8 Å². The second-order valence-corrected chi connectivity index (χ2v) is 7.92. The highest BCUT2D eigenvalue weighted by Gasteiger charge is 2.31. The van der Waals surface area contributed by atoms with E-state index in [9.17, 15) is 15.0 Å². The summed E-state index contributed by atoms with van der Waals surface area (Å²) in [6.45, 7) is 4.19. The van der Waals surface area contributed by atoms with Crippen LogP contribution in [-0.4, -0.2) is 45.8 Å². The van der Waals surface area contributed by atoms with E-state index in [1.807, 2.05) is 24.3 Å². The molecule has 0 atom stereocenters. The highest BCUT2D eigenvalue weighted by molar-refractivity contribution is 5.94. The molecule has 1 fully saturated rings. The summed E-state index contributed by atoms with van der Waals surface area (Å²) < 4.78 is 0. The standard InChI is InChI=1S/C20H31NO3/c1-19(2,23)13-10-16-6-8-17(9-7-16)18(22)21(3)15-14-20(24)11-4-5-12-20/h6-9,23-24H,4-5,10-15H2,1-3H3. The number of carbonyl (C=O) groups is 1. The van der Waals surface area contributed by atoms with Gasteiger partial charge in [-0.15, -0.1) is 0 Å². The highest BCUT2D eigenvalue weighted by Crippen LogP contribution is 2.32. The molecule has 134 valence electrons. The van der Waals surface area contributed by atoms with Gasteiger partial charge < -0.3 is 15.1 Å². The van der Waals surface area contributed by atoms with Crippen LogP contribution in [0.15, 0.2) is 24.3 Å². The first-order valence-electron chi connectivity index (χ1n) is 8.98. The van der Waals surface area contributed by atoms with E-state index < -0.39 is 11.2 Å². The summed E-state index contributed by atoms with van der Waals surface area (Å²) in [5.74, 6) is -0.00867. The van der Waals surface area contributed by atoms with Crippen LogP contribution >= 0.6 is 0 Å². The first-order chi connectivity index (χ1) is 11.2. The third kappa shape index (κ3) is 5.60. The molecule has 0 heterocycles. The minimum Gasteiger partial charge on any atom is -0.390 e. The summed E-state index contributed by atoms with van der Waals surface area (Å²) in [6, 6.07) is 7.61. The second kappa shape index (κ2) is 7.66. The van der Waals surface area contributed by atoms with E-state index in [2.05, 4.69) is 0 Å². The maximum absolute atomic E-state index is 12.5. The third-order valence-electron chi connectivity index (χ3n) is 5.02. The number of aliphatic hydroxyl groups is 2. The summed E-state index contributed by atoms with van der Waals surface area (Å²) in [5, 5.41) is 20.2. The fourth-order valence-electron chi connectivity index (χ4n) is 3.25. The van der Waals surface area contributed by atoms with Crippen molar-refractivity contribution in [3.63, 3.8) is 0 Å². The normalized spacial score (nSPS) is 17.0. The molecule has 4 heteroatoms. The van der Waals surface area contributed by atoms with Crippen LogP contribution in [0, 0.1) is 0 Å². The minimum absolute atomic E-state index is 0.00867. The Hall–Kier alpha value is -1.39. The van der Waals surface area contributed by atoms with E-state index in [1.165, 1.54) is 0 Å². The van der Waals surface area contributed by atoms with Gasteiger partial charge in [-0.05, 0) is 63.6 Å². The van der Waals surface area contributed by atoms with Crippen LogP contribution in [0.5, 0.6) is 0 Å². The van der Waals surface area contributed by atoms with Crippen LogP contribution in [0.4, 0.5) is 0 Å². The molecular formula is C20H31NO3. The Bertz CT molecular complexity index is 539. The zero-order valence-corrected chi connectivity index (χ0v) is 15.2. The van der Waals surface area contributed by atoms with Crippen molar-refractivity contribution in [2.75, 3.05) is 13.6 Å². The maximum Gasteiger partial charge on any atom is 0.253 e. The number of amides is 1. The predicted octanol–water partition coefficient (Wildman–Crippen LogP) is 3.16. The fraction of sp³-hybridized carbons (Fsp3) is 0.650. The number of aryl methyl sites for hydroxylation is 1. The molecule has 1 aromatic rings. The summed E-state index contributed by atoms with van der Waals surface area (Å²) in [6.07, 6.45) is 6.01. The first-order valence-corrected chi connectivity index (χ1v) is 8.98. The quantitative estimate of drug-likeness (QED) is 0.806. The molecule has 0 aromatic heterocycles. The zero-order valence-electron chi connectivity index (χ0n) is 15.2. The topological polar surface area (TPSA) is 60.8 Å². The maximum atomic E-state index is 12.5. The zero-order chi connectivity index (χ0) is 17.8. The minimum atomic E-state index is -0.671. The molecule has 0 spiro atoms. The lowest BCUT2D eigenvalue weighted by Gasteiger charge is -2.26. The molecule has 0 unspecified atom stereocenters. The average Bonchev–Trinajstić information content (AvgIpc) is 2.97. The molecule has 0 bridgehead atoms. The van der Waals surface area contributed by atoms with Gasteiger partial charge in [-0.25, -0.2) is 0 Å². The first kappa shape index (κ1) is 18.9. The molecule has 24 heavy (non-hydrogen) atoms. The van der Waals surface area contributed by atoms with Gasteiger partial charge in [-0.2, -0.15) is 0 Å². The Balaban J connectivity index is 1.87. The summed E-state index contributed by atoms with van der Waals surface area (Å²) >= 11 is 0. The molecule has 2 rings (SSSR count). The van der Waals surface area contributed by atoms with Gasteiger partial charge in [0.25, 0.3) is 5.91 Å². The fourth-order valence-corrected chi connectivity index (χ4v) is 3.25. The van der Waals surface area contributed by atoms with E-state index in [-0.39, 0.29) is 5.91 Å². The van der Waals surface area contributed by atoms with Crippen LogP contribution in [0.1, 0.15) is 68.3 Å². The van der Waals surface area contributed by atoms with E-state index in [4.69, 9.17) is 0 Å². The lowest BCUT2D eigenvalue weighted by molar-refractivity contribution is 0.0296. The van der Waals surface area contributed by atoms with Gasteiger partial charge in [-0.3, -0.25) is 4.79 Å². The molecule has 1 aromatic carbocycles. The molecule has 1 saturated carbocycles. The predicted molar refractivity (Wildman–Crippen MR) is 96.1 cm³/mol. The van der Waals surface area contributed by atoms with Gasteiger partial charge in [0.2, 0.25) is 0 Å². The third-order valence-corrected chi connectivity index (χ3v) is 5.02. The molecule has 2 N–H and O–H groups in total. The SMILES string of the molecule is CN(CCC1(O)CCCC1)C(=O)c1ccc(CCC(C)(C)O)cc1. The smallest absolute Gasteiger partial charge is 0.253 e. The number of benzene rings is 1. The average molecular weight is 333 g/mol. The highest BCUT2D eigenvalue weighted by atomic mass is 16.3. The van der Waals surface area contributed by atoms with Gasteiger partial charge in [0.05, 0.1) is 11.2 Å². The van der Waals surface area contributed by atoms with Crippen molar-refractivity contribution in [1.29, 1.82) is 0 Å². The van der Waals surface area contributed by atoms with Gasteiger partial charge in [0.1, 0.15) is 0 Å². The Morgan fingerprint density at radius 2 is 1.79 bits per heavy atom. The van der Waals surface area contributed by atoms with Crippen LogP contribution < -0.4 is 0 Å². The molecule has 4 nitrogen and oxygen atoms in total. The Kier molecular flexibility index (Phi) is 6.05. The van der Waals surface area contributed by atoms with Crippen molar-refractivity contribution >= 4 is 5.91 Å². The van der Waals surface area contributed by atoms with Crippen LogP contribution in [0.2, 0.25) is 0 Å². The van der Waals surface area contributed by atoms with Crippen LogP contribution in [-0.2, 0) is 6.42 Å². The summed E-state index contributed by atoms with van der Waals surface area (Å²) in [7, 11) is 1.79. The summed E-state index contributed by atoms with van der Waals surface area (Å²) in [4.78, 5) is 14.2. The molecule has 0 aliphatic heterocycles. The van der Waals surface area contributed by atoms with E-state index >= 15 is 0 Å². The van der Waals surface area contributed by atoms with Gasteiger partial charge in [-0.1, -0.05) is 25.0 Å². The van der Waals surface area contributed by atoms with Crippen molar-refractivity contribution in [3.05, 3.63) is 35.4 Å².